The number of aryl methyl sites for hydroxylation is 1. The molecule has 1 aromatic rings. The molecule has 1 unspecified atom stereocenters. The maximum Gasteiger partial charge on any atom is 0.325 e. The minimum Gasteiger partial charge on any atom is -0.480 e. The summed E-state index contributed by atoms with van der Waals surface area (Å²) in [6.07, 6.45) is 1.58. The van der Waals surface area contributed by atoms with Crippen LogP contribution in [0, 0.1) is 6.92 Å². The third-order valence-corrected chi connectivity index (χ3v) is 3.00. The highest BCUT2D eigenvalue weighted by Crippen LogP contribution is 2.21. The number of likely N-dealkylation sites (tertiary alicyclic amines) is 1. The Balaban J connectivity index is 2.15. The summed E-state index contributed by atoms with van der Waals surface area (Å²) in [5, 5.41) is 12.5. The van der Waals surface area contributed by atoms with E-state index in [1.54, 1.807) is 6.92 Å². The maximum absolute atomic E-state index is 12.0. The predicted octanol–water partition coefficient (Wildman–Crippen LogP) is -0.389. The van der Waals surface area contributed by atoms with Crippen molar-refractivity contribution in [3.63, 3.8) is 0 Å². The van der Waals surface area contributed by atoms with Crippen molar-refractivity contribution in [3.05, 3.63) is 17.5 Å². The summed E-state index contributed by atoms with van der Waals surface area (Å²) >= 11 is 0. The lowest BCUT2D eigenvalue weighted by Crippen LogP contribution is -2.50. The predicted molar refractivity (Wildman–Crippen MR) is 56.3 cm³/mol. The van der Waals surface area contributed by atoms with Crippen molar-refractivity contribution < 1.29 is 19.2 Å². The van der Waals surface area contributed by atoms with Gasteiger partial charge in [-0.25, -0.2) is 0 Å². The molecule has 2 rings (SSSR count). The first-order chi connectivity index (χ1) is 7.94. The molecule has 2 heterocycles. The zero-order chi connectivity index (χ0) is 12.6. The van der Waals surface area contributed by atoms with Gasteiger partial charge in [0.2, 0.25) is 0 Å². The molecule has 1 amide bonds. The molecular weight excluding hydrogens is 226 g/mol. The SMILES string of the molecule is Cc1oncc1C(=O)N1CCC(N)(C(=O)O)C1. The number of carboxylic acid groups (broad SMARTS) is 1. The van der Waals surface area contributed by atoms with E-state index in [2.05, 4.69) is 5.16 Å². The zero-order valence-electron chi connectivity index (χ0n) is 9.34. The van der Waals surface area contributed by atoms with Gasteiger partial charge in [-0.15, -0.1) is 0 Å². The first-order valence-corrected chi connectivity index (χ1v) is 5.17. The van der Waals surface area contributed by atoms with Gasteiger partial charge in [-0.1, -0.05) is 5.16 Å². The molecule has 7 nitrogen and oxygen atoms in total. The fraction of sp³-hybridized carbons (Fsp3) is 0.500. The second kappa shape index (κ2) is 3.85. The number of hydrogen-bond acceptors (Lipinski definition) is 5. The van der Waals surface area contributed by atoms with Gasteiger partial charge in [-0.05, 0) is 13.3 Å². The van der Waals surface area contributed by atoms with E-state index in [1.165, 1.54) is 11.1 Å². The first kappa shape index (κ1) is 11.6. The lowest BCUT2D eigenvalue weighted by atomic mass is 10.0. The number of hydrogen-bond donors (Lipinski definition) is 2. The highest BCUT2D eigenvalue weighted by Gasteiger charge is 2.43. The Morgan fingerprint density at radius 3 is 2.82 bits per heavy atom. The second-order valence-electron chi connectivity index (χ2n) is 4.23. The number of nitrogens with zero attached hydrogens (tertiary/aromatic N) is 2. The lowest BCUT2D eigenvalue weighted by Gasteiger charge is -2.19. The van der Waals surface area contributed by atoms with Crippen LogP contribution in [0.2, 0.25) is 0 Å². The second-order valence-corrected chi connectivity index (χ2v) is 4.23. The van der Waals surface area contributed by atoms with Crippen LogP contribution in [0.5, 0.6) is 0 Å². The minimum atomic E-state index is -1.35. The van der Waals surface area contributed by atoms with Crippen molar-refractivity contribution >= 4 is 11.9 Å². The van der Waals surface area contributed by atoms with Crippen molar-refractivity contribution in [3.8, 4) is 0 Å². The number of carboxylic acids is 1. The summed E-state index contributed by atoms with van der Waals surface area (Å²) in [7, 11) is 0. The largest absolute Gasteiger partial charge is 0.480 e. The Bertz CT molecular complexity index is 470. The smallest absolute Gasteiger partial charge is 0.325 e. The first-order valence-electron chi connectivity index (χ1n) is 5.17. The van der Waals surface area contributed by atoms with Crippen molar-refractivity contribution in [2.45, 2.75) is 18.9 Å². The summed E-state index contributed by atoms with van der Waals surface area (Å²) in [5.41, 5.74) is 4.69. The van der Waals surface area contributed by atoms with Gasteiger partial charge >= 0.3 is 5.97 Å². The van der Waals surface area contributed by atoms with E-state index in [9.17, 15) is 9.59 Å². The van der Waals surface area contributed by atoms with Gasteiger partial charge in [0, 0.05) is 13.1 Å². The van der Waals surface area contributed by atoms with Gasteiger partial charge in [-0.2, -0.15) is 0 Å². The highest BCUT2D eigenvalue weighted by molar-refractivity contribution is 5.95. The molecule has 0 spiro atoms. The number of aliphatic carboxylic acids is 1. The lowest BCUT2D eigenvalue weighted by molar-refractivity contribution is -0.142. The molecule has 0 aliphatic carbocycles. The summed E-state index contributed by atoms with van der Waals surface area (Å²) in [5.74, 6) is -0.966. The van der Waals surface area contributed by atoms with Crippen LogP contribution in [0.25, 0.3) is 0 Å². The van der Waals surface area contributed by atoms with Crippen LogP contribution in [-0.2, 0) is 4.79 Å². The third kappa shape index (κ3) is 1.89. The molecule has 0 bridgehead atoms. The summed E-state index contributed by atoms with van der Waals surface area (Å²) in [4.78, 5) is 24.4. The molecular formula is C10H13N3O4. The molecule has 1 fully saturated rings. The number of carbonyl (C=O) groups is 2. The number of rotatable bonds is 2. The fourth-order valence-corrected chi connectivity index (χ4v) is 1.86. The molecule has 3 N–H and O–H groups in total. The van der Waals surface area contributed by atoms with Crippen LogP contribution in [0.15, 0.2) is 10.7 Å². The number of amides is 1. The molecule has 1 saturated heterocycles. The van der Waals surface area contributed by atoms with Crippen LogP contribution < -0.4 is 5.73 Å². The van der Waals surface area contributed by atoms with E-state index in [4.69, 9.17) is 15.4 Å². The number of nitrogens with two attached hydrogens (primary N) is 1. The zero-order valence-corrected chi connectivity index (χ0v) is 9.34. The van der Waals surface area contributed by atoms with Crippen LogP contribution in [-0.4, -0.2) is 45.7 Å². The Morgan fingerprint density at radius 2 is 2.35 bits per heavy atom. The van der Waals surface area contributed by atoms with Crippen LogP contribution in [0.4, 0.5) is 0 Å². The maximum atomic E-state index is 12.0. The molecule has 92 valence electrons. The van der Waals surface area contributed by atoms with Crippen LogP contribution in [0.3, 0.4) is 0 Å². The molecule has 0 aromatic carbocycles. The van der Waals surface area contributed by atoms with Gasteiger partial charge in [0.25, 0.3) is 5.91 Å². The molecule has 1 aliphatic heterocycles. The number of carbonyl (C=O) groups excluding carboxylic acids is 1. The summed E-state index contributed by atoms with van der Waals surface area (Å²) < 4.78 is 4.80. The van der Waals surface area contributed by atoms with Gasteiger partial charge in [-0.3, -0.25) is 9.59 Å². The fourth-order valence-electron chi connectivity index (χ4n) is 1.86. The monoisotopic (exact) mass is 239 g/mol. The molecule has 7 heteroatoms. The van der Waals surface area contributed by atoms with E-state index in [0.29, 0.717) is 17.9 Å². The number of aromatic nitrogens is 1. The topological polar surface area (TPSA) is 110 Å². The van der Waals surface area contributed by atoms with Gasteiger partial charge in [0.05, 0.1) is 6.20 Å². The molecule has 1 atom stereocenters. The van der Waals surface area contributed by atoms with E-state index < -0.39 is 11.5 Å². The average Bonchev–Trinajstić information content (AvgIpc) is 2.85. The van der Waals surface area contributed by atoms with E-state index in [1.807, 2.05) is 0 Å². The Labute approximate surface area is 97.2 Å². The Hall–Kier alpha value is -1.89. The van der Waals surface area contributed by atoms with Crippen LogP contribution >= 0.6 is 0 Å². The van der Waals surface area contributed by atoms with E-state index >= 15 is 0 Å². The molecule has 17 heavy (non-hydrogen) atoms. The summed E-state index contributed by atoms with van der Waals surface area (Å²) in [6, 6.07) is 0. The van der Waals surface area contributed by atoms with Crippen LogP contribution in [0.1, 0.15) is 22.5 Å². The average molecular weight is 239 g/mol. The molecule has 0 radical (unpaired) electrons. The van der Waals surface area contributed by atoms with E-state index in [0.717, 1.165) is 0 Å². The third-order valence-electron chi connectivity index (χ3n) is 3.00. The quantitative estimate of drug-likeness (QED) is 0.727. The van der Waals surface area contributed by atoms with Gasteiger partial charge < -0.3 is 20.3 Å². The van der Waals surface area contributed by atoms with E-state index in [-0.39, 0.29) is 18.9 Å². The molecule has 0 saturated carbocycles. The Kier molecular flexibility index (Phi) is 2.62. The minimum absolute atomic E-state index is 0.00574. The standard InChI is InChI=1S/C10H13N3O4/c1-6-7(4-12-17-6)8(14)13-3-2-10(11,5-13)9(15)16/h4H,2-3,5,11H2,1H3,(H,15,16). The highest BCUT2D eigenvalue weighted by atomic mass is 16.5. The summed E-state index contributed by atoms with van der Waals surface area (Å²) in [6.45, 7) is 1.96. The molecule has 1 aromatic heterocycles. The van der Waals surface area contributed by atoms with Gasteiger partial charge in [0.15, 0.2) is 0 Å². The van der Waals surface area contributed by atoms with Crippen molar-refractivity contribution in [1.82, 2.24) is 10.1 Å². The van der Waals surface area contributed by atoms with Crippen molar-refractivity contribution in [2.75, 3.05) is 13.1 Å². The Morgan fingerprint density at radius 1 is 1.65 bits per heavy atom. The molecule has 1 aliphatic rings. The van der Waals surface area contributed by atoms with Crippen molar-refractivity contribution in [1.29, 1.82) is 0 Å². The van der Waals surface area contributed by atoms with Gasteiger partial charge in [0.1, 0.15) is 16.9 Å². The van der Waals surface area contributed by atoms with Crippen molar-refractivity contribution in [2.24, 2.45) is 5.73 Å². The normalized spacial score (nSPS) is 24.0.